The molecule has 0 aliphatic carbocycles. The molecule has 0 radical (unpaired) electrons. The smallest absolute Gasteiger partial charge is 0.250 e. The van der Waals surface area contributed by atoms with Gasteiger partial charge in [-0.15, -0.1) is 0 Å². The minimum atomic E-state index is -2.00. The lowest BCUT2D eigenvalue weighted by Gasteiger charge is -2.39. The number of hydrogen-bond acceptors (Lipinski definition) is 5. The molecule has 1 aliphatic heterocycles. The van der Waals surface area contributed by atoms with Crippen molar-refractivity contribution in [2.75, 3.05) is 19.6 Å². The zero-order valence-corrected chi connectivity index (χ0v) is 26.4. The zero-order chi connectivity index (χ0) is 25.9. The molecule has 1 aromatic carbocycles. The summed E-state index contributed by atoms with van der Waals surface area (Å²) in [5, 5.41) is 0.963. The Bertz CT molecular complexity index is 843. The Kier molecular flexibility index (Phi) is 9.62. The molecule has 1 fully saturated rings. The first-order valence-corrected chi connectivity index (χ1v) is 19.5. The lowest BCUT2D eigenvalue weighted by atomic mass is 10.1. The molecule has 1 aromatic rings. The molecule has 0 aromatic heterocycles. The van der Waals surface area contributed by atoms with Gasteiger partial charge in [-0.05, 0) is 86.3 Å². The van der Waals surface area contributed by atoms with Gasteiger partial charge in [0.05, 0.1) is 0 Å². The van der Waals surface area contributed by atoms with E-state index in [4.69, 9.17) is 8.85 Å². The van der Waals surface area contributed by atoms with Gasteiger partial charge in [0.25, 0.3) is 16.6 Å². The van der Waals surface area contributed by atoms with Crippen LogP contribution in [0.1, 0.15) is 66.9 Å². The van der Waals surface area contributed by atoms with Crippen LogP contribution >= 0.6 is 11.8 Å². The van der Waals surface area contributed by atoms with E-state index >= 15 is 0 Å². The Morgan fingerprint density at radius 3 is 2.09 bits per heavy atom. The van der Waals surface area contributed by atoms with Crippen LogP contribution in [0, 0.1) is 0 Å². The lowest BCUT2D eigenvalue weighted by Crippen LogP contribution is -2.45. The molecule has 1 aliphatic rings. The van der Waals surface area contributed by atoms with Crippen LogP contribution in [0.25, 0.3) is 0 Å². The third kappa shape index (κ3) is 8.14. The van der Waals surface area contributed by atoms with E-state index < -0.39 is 16.6 Å². The van der Waals surface area contributed by atoms with Crippen LogP contribution in [-0.4, -0.2) is 51.5 Å². The molecule has 0 saturated carbocycles. The van der Waals surface area contributed by atoms with Crippen LogP contribution < -0.4 is 8.85 Å². The van der Waals surface area contributed by atoms with Crippen molar-refractivity contribution in [3.8, 4) is 11.5 Å². The molecular formula is C27H49NO3SSi2. The Balaban J connectivity index is 2.14. The number of likely N-dealkylation sites (tertiary alicyclic amines) is 1. The summed E-state index contributed by atoms with van der Waals surface area (Å²) >= 11 is 1.51. The number of hydrogen-bond donors (Lipinski definition) is 0. The van der Waals surface area contributed by atoms with E-state index in [1.165, 1.54) is 17.3 Å². The first kappa shape index (κ1) is 29.5. The summed E-state index contributed by atoms with van der Waals surface area (Å²) in [7, 11) is -3.97. The van der Waals surface area contributed by atoms with Gasteiger partial charge in [0.2, 0.25) is 0 Å². The molecule has 0 spiro atoms. The number of benzene rings is 1. The van der Waals surface area contributed by atoms with Crippen LogP contribution in [0.2, 0.25) is 36.3 Å². The number of carbonyl (C=O) groups is 1. The highest BCUT2D eigenvalue weighted by atomic mass is 32.2. The average Bonchev–Trinajstić information content (AvgIpc) is 3.08. The molecule has 1 saturated heterocycles. The van der Waals surface area contributed by atoms with Gasteiger partial charge in [-0.2, -0.15) is 0 Å². The van der Waals surface area contributed by atoms with Gasteiger partial charge in [0, 0.05) is 18.7 Å². The van der Waals surface area contributed by atoms with Crippen LogP contribution in [0.5, 0.6) is 11.5 Å². The van der Waals surface area contributed by atoms with Crippen molar-refractivity contribution in [3.63, 3.8) is 0 Å². The topological polar surface area (TPSA) is 38.8 Å². The molecule has 0 amide bonds. The second-order valence-corrected chi connectivity index (χ2v) is 23.9. The van der Waals surface area contributed by atoms with Crippen LogP contribution in [0.15, 0.2) is 18.2 Å². The van der Waals surface area contributed by atoms with E-state index in [0.717, 1.165) is 50.4 Å². The van der Waals surface area contributed by atoms with Crippen molar-refractivity contribution in [2.45, 2.75) is 109 Å². The molecule has 2 rings (SSSR count). The number of rotatable bonds is 9. The monoisotopic (exact) mass is 523 g/mol. The number of aryl methyl sites for hydroxylation is 1. The van der Waals surface area contributed by atoms with E-state index in [2.05, 4.69) is 90.8 Å². The molecule has 1 unspecified atom stereocenters. The summed E-state index contributed by atoms with van der Waals surface area (Å²) in [5.74, 6) is 1.83. The summed E-state index contributed by atoms with van der Waals surface area (Å²) < 4.78 is 13.6. The fraction of sp³-hybridized carbons (Fsp3) is 0.741. The van der Waals surface area contributed by atoms with E-state index in [-0.39, 0.29) is 15.2 Å². The van der Waals surface area contributed by atoms with E-state index in [0.29, 0.717) is 5.25 Å². The molecule has 0 N–H and O–H groups in total. The first-order chi connectivity index (χ1) is 15.4. The Labute approximate surface area is 215 Å². The summed E-state index contributed by atoms with van der Waals surface area (Å²) in [6.45, 7) is 27.8. The maximum Gasteiger partial charge on any atom is 0.250 e. The fourth-order valence-corrected chi connectivity index (χ4v) is 6.58. The van der Waals surface area contributed by atoms with E-state index in [9.17, 15) is 4.79 Å². The van der Waals surface area contributed by atoms with Crippen molar-refractivity contribution < 1.29 is 13.6 Å². The van der Waals surface area contributed by atoms with Gasteiger partial charge in [0.1, 0.15) is 11.5 Å². The summed E-state index contributed by atoms with van der Waals surface area (Å²) in [6, 6.07) is 6.61. The highest BCUT2D eigenvalue weighted by Crippen LogP contribution is 2.43. The third-order valence-electron chi connectivity index (χ3n) is 7.85. The molecule has 194 valence electrons. The second kappa shape index (κ2) is 11.1. The van der Waals surface area contributed by atoms with Gasteiger partial charge in [-0.25, -0.2) is 0 Å². The van der Waals surface area contributed by atoms with Gasteiger partial charge in [-0.1, -0.05) is 59.4 Å². The van der Waals surface area contributed by atoms with Crippen molar-refractivity contribution in [3.05, 3.63) is 23.8 Å². The van der Waals surface area contributed by atoms with Crippen molar-refractivity contribution >= 4 is 33.5 Å². The second-order valence-electron chi connectivity index (χ2n) is 12.9. The summed E-state index contributed by atoms with van der Waals surface area (Å²) in [4.78, 5) is 13.9. The van der Waals surface area contributed by atoms with Gasteiger partial charge in [-0.3, -0.25) is 4.79 Å². The first-order valence-electron chi connectivity index (χ1n) is 12.8. The standard InChI is InChI=1S/C27H49NO3SSi2/c1-21(29)32-23-16-18-28(20-23)17-12-13-22-14-15-24(30-33(8,9)26(2,3)4)25(19-22)31-34(10,11)27(5,6)7/h14-15,19,23H,12-13,16-18,20H2,1-11H3. The van der Waals surface area contributed by atoms with Crippen LogP contribution in [-0.2, 0) is 11.2 Å². The lowest BCUT2D eigenvalue weighted by molar-refractivity contribution is -0.109. The fourth-order valence-electron chi connectivity index (χ4n) is 3.57. The highest BCUT2D eigenvalue weighted by Gasteiger charge is 2.42. The summed E-state index contributed by atoms with van der Waals surface area (Å²) in [6.07, 6.45) is 3.25. The Hall–Kier alpha value is -0.766. The number of nitrogens with zero attached hydrogens (tertiary/aromatic N) is 1. The summed E-state index contributed by atoms with van der Waals surface area (Å²) in [5.41, 5.74) is 1.31. The predicted molar refractivity (Wildman–Crippen MR) is 154 cm³/mol. The van der Waals surface area contributed by atoms with E-state index in [1.54, 1.807) is 6.92 Å². The SMILES string of the molecule is CC(=O)SC1CCN(CCCc2ccc(O[Si](C)(C)C(C)(C)C)c(O[Si](C)(C)C(C)(C)C)c2)C1. The Morgan fingerprint density at radius 2 is 1.56 bits per heavy atom. The van der Waals surface area contributed by atoms with Crippen LogP contribution in [0.3, 0.4) is 0 Å². The third-order valence-corrected chi connectivity index (χ3v) is 17.6. The van der Waals surface area contributed by atoms with Crippen molar-refractivity contribution in [1.29, 1.82) is 0 Å². The average molecular weight is 524 g/mol. The molecule has 0 bridgehead atoms. The van der Waals surface area contributed by atoms with Crippen molar-refractivity contribution in [2.24, 2.45) is 0 Å². The molecule has 7 heteroatoms. The van der Waals surface area contributed by atoms with Gasteiger partial charge >= 0.3 is 0 Å². The van der Waals surface area contributed by atoms with Gasteiger partial charge < -0.3 is 13.8 Å². The number of carbonyl (C=O) groups excluding carboxylic acids is 1. The maximum absolute atomic E-state index is 11.4. The normalized spacial score (nSPS) is 18.3. The molecule has 4 nitrogen and oxygen atoms in total. The molecular weight excluding hydrogens is 475 g/mol. The van der Waals surface area contributed by atoms with Gasteiger partial charge in [0.15, 0.2) is 5.12 Å². The molecule has 1 atom stereocenters. The zero-order valence-electron chi connectivity index (χ0n) is 23.6. The van der Waals surface area contributed by atoms with Crippen molar-refractivity contribution in [1.82, 2.24) is 4.90 Å². The molecule has 34 heavy (non-hydrogen) atoms. The minimum Gasteiger partial charge on any atom is -0.541 e. The quantitative estimate of drug-likeness (QED) is 0.309. The highest BCUT2D eigenvalue weighted by molar-refractivity contribution is 8.14. The van der Waals surface area contributed by atoms with Crippen LogP contribution in [0.4, 0.5) is 0 Å². The number of thioether (sulfide) groups is 1. The Morgan fingerprint density at radius 1 is 1.00 bits per heavy atom. The largest absolute Gasteiger partial charge is 0.541 e. The predicted octanol–water partition coefficient (Wildman–Crippen LogP) is 7.74. The minimum absolute atomic E-state index is 0.126. The molecule has 1 heterocycles. The van der Waals surface area contributed by atoms with E-state index in [1.807, 2.05) is 0 Å². The maximum atomic E-state index is 11.4.